The molecule has 0 saturated heterocycles. The molecule has 0 fully saturated rings. The van der Waals surface area contributed by atoms with Crippen molar-refractivity contribution in [1.82, 2.24) is 5.32 Å². The minimum Gasteiger partial charge on any atom is -0.493 e. The van der Waals surface area contributed by atoms with E-state index in [1.165, 1.54) is 18.2 Å². The van der Waals surface area contributed by atoms with Crippen molar-refractivity contribution in [2.45, 2.75) is 26.8 Å². The maximum Gasteiger partial charge on any atom is 0.329 e. The number of halogens is 1. The number of benzene rings is 2. The molecule has 8 heteroatoms. The van der Waals surface area contributed by atoms with E-state index in [1.807, 2.05) is 0 Å². The van der Waals surface area contributed by atoms with Gasteiger partial charge in [0.15, 0.2) is 6.61 Å². The van der Waals surface area contributed by atoms with Gasteiger partial charge in [-0.25, -0.2) is 9.18 Å². The second-order valence-corrected chi connectivity index (χ2v) is 6.79. The molecule has 2 rings (SSSR count). The zero-order chi connectivity index (χ0) is 22.1. The summed E-state index contributed by atoms with van der Waals surface area (Å²) in [4.78, 5) is 37.1. The van der Waals surface area contributed by atoms with Gasteiger partial charge in [0.05, 0.1) is 12.2 Å². The van der Waals surface area contributed by atoms with Crippen molar-refractivity contribution >= 4 is 23.5 Å². The Hall–Kier alpha value is -3.42. The number of hydrogen-bond donors (Lipinski definition) is 2. The van der Waals surface area contributed by atoms with Gasteiger partial charge in [0.25, 0.3) is 11.8 Å². The highest BCUT2D eigenvalue weighted by molar-refractivity contribution is 5.99. The predicted octanol–water partition coefficient (Wildman–Crippen LogP) is 3.16. The molecule has 2 N–H and O–H groups in total. The summed E-state index contributed by atoms with van der Waals surface area (Å²) < 4.78 is 23.7. The number of rotatable bonds is 9. The van der Waals surface area contributed by atoms with E-state index in [2.05, 4.69) is 10.6 Å². The lowest BCUT2D eigenvalue weighted by molar-refractivity contribution is -0.150. The molecule has 2 aromatic rings. The van der Waals surface area contributed by atoms with Crippen molar-refractivity contribution in [2.75, 3.05) is 18.5 Å². The van der Waals surface area contributed by atoms with Crippen LogP contribution in [0.25, 0.3) is 0 Å². The highest BCUT2D eigenvalue weighted by atomic mass is 19.1. The third-order valence-corrected chi connectivity index (χ3v) is 4.09. The quantitative estimate of drug-likeness (QED) is 0.613. The van der Waals surface area contributed by atoms with Crippen LogP contribution in [0.1, 0.15) is 31.1 Å². The van der Waals surface area contributed by atoms with Gasteiger partial charge in [0.2, 0.25) is 0 Å². The second-order valence-electron chi connectivity index (χ2n) is 6.79. The third-order valence-electron chi connectivity index (χ3n) is 4.09. The van der Waals surface area contributed by atoms with Crippen molar-refractivity contribution in [3.8, 4) is 5.75 Å². The molecule has 0 aromatic heterocycles. The van der Waals surface area contributed by atoms with Crippen molar-refractivity contribution in [1.29, 1.82) is 0 Å². The molecule has 7 nitrogen and oxygen atoms in total. The van der Waals surface area contributed by atoms with Crippen LogP contribution in [-0.2, 0) is 14.3 Å². The lowest BCUT2D eigenvalue weighted by Crippen LogP contribution is -2.46. The number of anilines is 1. The maximum absolute atomic E-state index is 13.2. The molecule has 2 amide bonds. The Bertz CT molecular complexity index is 901. The van der Waals surface area contributed by atoms with Gasteiger partial charge in [-0.05, 0) is 43.2 Å². The van der Waals surface area contributed by atoms with Crippen LogP contribution in [-0.4, -0.2) is 37.0 Å². The summed E-state index contributed by atoms with van der Waals surface area (Å²) in [5, 5.41) is 5.07. The number of carbonyl (C=O) groups is 3. The summed E-state index contributed by atoms with van der Waals surface area (Å²) in [6.45, 7) is 5.11. The Morgan fingerprint density at radius 2 is 1.80 bits per heavy atom. The highest BCUT2D eigenvalue weighted by Gasteiger charge is 2.27. The van der Waals surface area contributed by atoms with Crippen molar-refractivity contribution in [3.63, 3.8) is 0 Å². The first kappa shape index (κ1) is 22.9. The minimum atomic E-state index is -0.964. The van der Waals surface area contributed by atoms with Crippen LogP contribution in [0.4, 0.5) is 10.1 Å². The molecule has 0 saturated carbocycles. The van der Waals surface area contributed by atoms with E-state index in [0.717, 1.165) is 6.07 Å². The maximum atomic E-state index is 13.2. The summed E-state index contributed by atoms with van der Waals surface area (Å²) in [5.41, 5.74) is 0.541. The SMILES string of the molecule is CCOc1ccccc1C(=O)N[C@H](C(=O)OCC(=O)Nc1cccc(F)c1)C(C)C. The number of hydrogen-bond acceptors (Lipinski definition) is 5. The monoisotopic (exact) mass is 416 g/mol. The van der Waals surface area contributed by atoms with Gasteiger partial charge in [0.1, 0.15) is 17.6 Å². The first-order valence-corrected chi connectivity index (χ1v) is 9.56. The van der Waals surface area contributed by atoms with E-state index in [1.54, 1.807) is 45.0 Å². The lowest BCUT2D eigenvalue weighted by atomic mass is 10.0. The molecule has 0 radical (unpaired) electrons. The van der Waals surface area contributed by atoms with Gasteiger partial charge in [-0.1, -0.05) is 32.0 Å². The van der Waals surface area contributed by atoms with E-state index in [4.69, 9.17) is 9.47 Å². The molecule has 0 bridgehead atoms. The molecule has 0 unspecified atom stereocenters. The number of para-hydroxylation sites is 1. The Balaban J connectivity index is 1.97. The fourth-order valence-electron chi connectivity index (χ4n) is 2.64. The average Bonchev–Trinajstić information content (AvgIpc) is 2.70. The van der Waals surface area contributed by atoms with Gasteiger partial charge < -0.3 is 20.1 Å². The Labute approximate surface area is 174 Å². The predicted molar refractivity (Wildman–Crippen MR) is 110 cm³/mol. The van der Waals surface area contributed by atoms with E-state index in [-0.39, 0.29) is 11.6 Å². The lowest BCUT2D eigenvalue weighted by Gasteiger charge is -2.21. The molecule has 0 aliphatic rings. The first-order valence-electron chi connectivity index (χ1n) is 9.56. The van der Waals surface area contributed by atoms with Crippen LogP contribution in [0.3, 0.4) is 0 Å². The molecule has 1 atom stereocenters. The Kier molecular flexibility index (Phi) is 8.34. The molecule has 0 heterocycles. The van der Waals surface area contributed by atoms with Crippen molar-refractivity contribution < 1.29 is 28.2 Å². The molecular weight excluding hydrogens is 391 g/mol. The van der Waals surface area contributed by atoms with E-state index in [0.29, 0.717) is 17.9 Å². The summed E-state index contributed by atoms with van der Waals surface area (Å²) >= 11 is 0. The molecule has 0 aliphatic carbocycles. The molecule has 30 heavy (non-hydrogen) atoms. The van der Waals surface area contributed by atoms with Gasteiger partial charge in [-0.3, -0.25) is 9.59 Å². The topological polar surface area (TPSA) is 93.7 Å². The van der Waals surface area contributed by atoms with Crippen molar-refractivity contribution in [3.05, 3.63) is 59.9 Å². The number of ether oxygens (including phenoxy) is 2. The van der Waals surface area contributed by atoms with Gasteiger partial charge >= 0.3 is 5.97 Å². The molecule has 0 aliphatic heterocycles. The van der Waals surface area contributed by atoms with E-state index >= 15 is 0 Å². The second kappa shape index (κ2) is 10.9. The summed E-state index contributed by atoms with van der Waals surface area (Å²) in [7, 11) is 0. The van der Waals surface area contributed by atoms with E-state index in [9.17, 15) is 18.8 Å². The fourth-order valence-corrected chi connectivity index (χ4v) is 2.64. The molecule has 0 spiro atoms. The average molecular weight is 416 g/mol. The zero-order valence-corrected chi connectivity index (χ0v) is 17.1. The Morgan fingerprint density at radius 1 is 1.07 bits per heavy atom. The number of esters is 1. The molecule has 2 aromatic carbocycles. The molecule has 160 valence electrons. The van der Waals surface area contributed by atoms with Crippen LogP contribution in [0, 0.1) is 11.7 Å². The number of amides is 2. The summed E-state index contributed by atoms with van der Waals surface area (Å²) in [6, 6.07) is 11.1. The van der Waals surface area contributed by atoms with E-state index < -0.39 is 36.2 Å². The fraction of sp³-hybridized carbons (Fsp3) is 0.318. The van der Waals surface area contributed by atoms with Crippen LogP contribution in [0.2, 0.25) is 0 Å². The summed E-state index contributed by atoms with van der Waals surface area (Å²) in [5.74, 6) is -2.24. The first-order chi connectivity index (χ1) is 14.3. The number of nitrogens with one attached hydrogen (secondary N) is 2. The van der Waals surface area contributed by atoms with Crippen LogP contribution >= 0.6 is 0 Å². The highest BCUT2D eigenvalue weighted by Crippen LogP contribution is 2.18. The van der Waals surface area contributed by atoms with Crippen molar-refractivity contribution in [2.24, 2.45) is 5.92 Å². The summed E-state index contributed by atoms with van der Waals surface area (Å²) in [6.07, 6.45) is 0. The van der Waals surface area contributed by atoms with Gasteiger partial charge in [-0.2, -0.15) is 0 Å². The van der Waals surface area contributed by atoms with Gasteiger partial charge in [0, 0.05) is 5.69 Å². The Morgan fingerprint density at radius 3 is 2.47 bits per heavy atom. The smallest absolute Gasteiger partial charge is 0.329 e. The number of carbonyl (C=O) groups excluding carboxylic acids is 3. The zero-order valence-electron chi connectivity index (χ0n) is 17.1. The van der Waals surface area contributed by atoms with Crippen LogP contribution < -0.4 is 15.4 Å². The minimum absolute atomic E-state index is 0.247. The largest absolute Gasteiger partial charge is 0.493 e. The molecular formula is C22H25FN2O5. The van der Waals surface area contributed by atoms with Crippen LogP contribution in [0.15, 0.2) is 48.5 Å². The third kappa shape index (κ3) is 6.58. The van der Waals surface area contributed by atoms with Gasteiger partial charge in [-0.15, -0.1) is 0 Å². The standard InChI is InChI=1S/C22H25FN2O5/c1-4-29-18-11-6-5-10-17(18)21(27)25-20(14(2)3)22(28)30-13-19(26)24-16-9-7-8-15(23)12-16/h5-12,14,20H,4,13H2,1-3H3,(H,24,26)(H,25,27)/t20-/m0/s1. The normalized spacial score (nSPS) is 11.5. The van der Waals surface area contributed by atoms with Crippen LogP contribution in [0.5, 0.6) is 5.75 Å².